The molecule has 0 bridgehead atoms. The molecule has 5 heteroatoms. The predicted molar refractivity (Wildman–Crippen MR) is 56.0 cm³/mol. The number of rotatable bonds is 3. The van der Waals surface area contributed by atoms with Crippen molar-refractivity contribution in [2.24, 2.45) is 0 Å². The van der Waals surface area contributed by atoms with Gasteiger partial charge in [-0.3, -0.25) is 4.90 Å². The van der Waals surface area contributed by atoms with Gasteiger partial charge in [0.1, 0.15) is 0 Å². The molecule has 1 aliphatic heterocycles. The zero-order chi connectivity index (χ0) is 10.9. The molecule has 0 amide bonds. The zero-order valence-electron chi connectivity index (χ0n) is 8.97. The van der Waals surface area contributed by atoms with Gasteiger partial charge >= 0.3 is 0 Å². The average molecular weight is 221 g/mol. The van der Waals surface area contributed by atoms with Crippen LogP contribution >= 0.6 is 0 Å². The van der Waals surface area contributed by atoms with Crippen LogP contribution in [0.2, 0.25) is 0 Å². The molecule has 0 aromatic heterocycles. The number of nitrogens with zero attached hydrogens (tertiary/aromatic N) is 1. The van der Waals surface area contributed by atoms with Crippen molar-refractivity contribution in [2.45, 2.75) is 38.5 Å². The summed E-state index contributed by atoms with van der Waals surface area (Å²) in [4.78, 5) is 1.97. The van der Waals surface area contributed by atoms with Crippen molar-refractivity contribution in [1.29, 1.82) is 0 Å². The molecular weight excluding hydrogens is 202 g/mol. The van der Waals surface area contributed by atoms with E-state index >= 15 is 0 Å². The third kappa shape index (κ3) is 2.68. The molecule has 0 saturated carbocycles. The number of sulfone groups is 1. The Morgan fingerprint density at radius 2 is 2.00 bits per heavy atom. The van der Waals surface area contributed by atoms with Crippen LogP contribution in [0.3, 0.4) is 0 Å². The third-order valence-corrected chi connectivity index (χ3v) is 4.88. The summed E-state index contributed by atoms with van der Waals surface area (Å²) < 4.78 is 22.5. The predicted octanol–water partition coefficient (Wildman–Crippen LogP) is -0.125. The molecule has 1 N–H and O–H groups in total. The van der Waals surface area contributed by atoms with Crippen LogP contribution < -0.4 is 0 Å². The van der Waals surface area contributed by atoms with Crippen LogP contribution in [0, 0.1) is 0 Å². The fourth-order valence-electron chi connectivity index (χ4n) is 1.77. The van der Waals surface area contributed by atoms with E-state index in [1.807, 2.05) is 18.9 Å². The van der Waals surface area contributed by atoms with E-state index in [0.717, 1.165) is 0 Å². The molecule has 0 aliphatic carbocycles. The van der Waals surface area contributed by atoms with Crippen LogP contribution in [-0.2, 0) is 9.84 Å². The van der Waals surface area contributed by atoms with Crippen molar-refractivity contribution in [1.82, 2.24) is 4.90 Å². The summed E-state index contributed by atoms with van der Waals surface area (Å²) in [6.45, 7) is 3.64. The maximum Gasteiger partial charge on any atom is 0.151 e. The topological polar surface area (TPSA) is 57.6 Å². The van der Waals surface area contributed by atoms with Gasteiger partial charge in [0.05, 0.1) is 17.6 Å². The molecule has 0 radical (unpaired) electrons. The highest BCUT2D eigenvalue weighted by Crippen LogP contribution is 2.19. The Morgan fingerprint density at radius 1 is 1.43 bits per heavy atom. The summed E-state index contributed by atoms with van der Waals surface area (Å²) >= 11 is 0. The number of aliphatic hydroxyl groups is 1. The largest absolute Gasteiger partial charge is 0.392 e. The monoisotopic (exact) mass is 221 g/mol. The van der Waals surface area contributed by atoms with E-state index in [-0.39, 0.29) is 23.6 Å². The van der Waals surface area contributed by atoms with Gasteiger partial charge in [-0.25, -0.2) is 8.42 Å². The number of hydrogen-bond donors (Lipinski definition) is 1. The van der Waals surface area contributed by atoms with Gasteiger partial charge in [0.15, 0.2) is 9.84 Å². The molecule has 3 unspecified atom stereocenters. The van der Waals surface area contributed by atoms with Gasteiger partial charge in [-0.05, 0) is 27.3 Å². The number of likely N-dealkylation sites (N-methyl/N-ethyl adjacent to an activating group) is 1. The van der Waals surface area contributed by atoms with Crippen molar-refractivity contribution < 1.29 is 13.5 Å². The highest BCUT2D eigenvalue weighted by Gasteiger charge is 2.33. The first-order valence-corrected chi connectivity index (χ1v) is 6.76. The van der Waals surface area contributed by atoms with E-state index in [1.165, 1.54) is 0 Å². The smallest absolute Gasteiger partial charge is 0.151 e. The molecule has 84 valence electrons. The fourth-order valence-corrected chi connectivity index (χ4v) is 3.56. The summed E-state index contributed by atoms with van der Waals surface area (Å²) in [5, 5.41) is 9.39. The molecule has 14 heavy (non-hydrogen) atoms. The van der Waals surface area contributed by atoms with E-state index in [0.29, 0.717) is 6.42 Å². The molecule has 1 heterocycles. The van der Waals surface area contributed by atoms with Gasteiger partial charge in [0.25, 0.3) is 0 Å². The Hall–Kier alpha value is -0.130. The standard InChI is InChI=1S/C9H19NO3S/c1-7(8(2)11)10(3)9-4-5-14(12,13)6-9/h7-9,11H,4-6H2,1-3H3. The second-order valence-corrected chi connectivity index (χ2v) is 6.43. The van der Waals surface area contributed by atoms with Crippen LogP contribution in [0.1, 0.15) is 20.3 Å². The van der Waals surface area contributed by atoms with E-state index in [4.69, 9.17) is 0 Å². The van der Waals surface area contributed by atoms with Gasteiger partial charge in [-0.15, -0.1) is 0 Å². The maximum absolute atomic E-state index is 11.2. The quantitative estimate of drug-likeness (QED) is 0.721. The van der Waals surface area contributed by atoms with E-state index in [2.05, 4.69) is 0 Å². The second kappa shape index (κ2) is 4.16. The SMILES string of the molecule is CC(O)C(C)N(C)C1CCS(=O)(=O)C1. The van der Waals surface area contributed by atoms with Crippen LogP contribution in [0.15, 0.2) is 0 Å². The van der Waals surface area contributed by atoms with Gasteiger partial charge in [-0.1, -0.05) is 0 Å². The van der Waals surface area contributed by atoms with Crippen LogP contribution in [-0.4, -0.2) is 55.2 Å². The Balaban J connectivity index is 2.59. The molecule has 0 spiro atoms. The van der Waals surface area contributed by atoms with Crippen molar-refractivity contribution >= 4 is 9.84 Å². The molecular formula is C9H19NO3S. The minimum Gasteiger partial charge on any atom is -0.392 e. The summed E-state index contributed by atoms with van der Waals surface area (Å²) in [5.74, 6) is 0.523. The summed E-state index contributed by atoms with van der Waals surface area (Å²) in [6, 6.07) is 0.0814. The highest BCUT2D eigenvalue weighted by atomic mass is 32.2. The lowest BCUT2D eigenvalue weighted by Crippen LogP contribution is -2.44. The first kappa shape index (κ1) is 11.9. The molecule has 0 aromatic carbocycles. The molecule has 1 aliphatic rings. The van der Waals surface area contributed by atoms with E-state index in [1.54, 1.807) is 6.92 Å². The van der Waals surface area contributed by atoms with Crippen LogP contribution in [0.5, 0.6) is 0 Å². The molecule has 0 aromatic rings. The normalized spacial score (nSPS) is 30.5. The Morgan fingerprint density at radius 3 is 2.36 bits per heavy atom. The van der Waals surface area contributed by atoms with Gasteiger partial charge in [0, 0.05) is 12.1 Å². The molecule has 3 atom stereocenters. The summed E-state index contributed by atoms with van der Waals surface area (Å²) in [5.41, 5.74) is 0. The van der Waals surface area contributed by atoms with E-state index in [9.17, 15) is 13.5 Å². The van der Waals surface area contributed by atoms with Crippen molar-refractivity contribution in [3.8, 4) is 0 Å². The summed E-state index contributed by atoms with van der Waals surface area (Å²) in [6.07, 6.45) is 0.263. The minimum absolute atomic E-state index is 0.00769. The number of hydrogen-bond acceptors (Lipinski definition) is 4. The third-order valence-electron chi connectivity index (χ3n) is 3.12. The Labute approximate surface area is 85.8 Å². The lowest BCUT2D eigenvalue weighted by molar-refractivity contribution is 0.0674. The summed E-state index contributed by atoms with van der Waals surface area (Å²) in [7, 11) is -0.945. The van der Waals surface area contributed by atoms with Gasteiger partial charge < -0.3 is 5.11 Å². The average Bonchev–Trinajstić information content (AvgIpc) is 2.43. The highest BCUT2D eigenvalue weighted by molar-refractivity contribution is 7.91. The molecule has 1 saturated heterocycles. The first-order valence-electron chi connectivity index (χ1n) is 4.94. The first-order chi connectivity index (χ1) is 6.33. The zero-order valence-corrected chi connectivity index (χ0v) is 9.79. The lowest BCUT2D eigenvalue weighted by atomic mass is 10.1. The van der Waals surface area contributed by atoms with Crippen molar-refractivity contribution in [3.63, 3.8) is 0 Å². The van der Waals surface area contributed by atoms with Gasteiger partial charge in [0.2, 0.25) is 0 Å². The number of aliphatic hydroxyl groups excluding tert-OH is 1. The fraction of sp³-hybridized carbons (Fsp3) is 1.00. The molecule has 4 nitrogen and oxygen atoms in total. The van der Waals surface area contributed by atoms with Crippen molar-refractivity contribution in [3.05, 3.63) is 0 Å². The Bertz CT molecular complexity index is 286. The molecule has 1 rings (SSSR count). The van der Waals surface area contributed by atoms with Crippen molar-refractivity contribution in [2.75, 3.05) is 18.6 Å². The van der Waals surface area contributed by atoms with Crippen LogP contribution in [0.4, 0.5) is 0 Å². The molecule has 1 fully saturated rings. The lowest BCUT2D eigenvalue weighted by Gasteiger charge is -2.31. The maximum atomic E-state index is 11.2. The van der Waals surface area contributed by atoms with Crippen LogP contribution in [0.25, 0.3) is 0 Å². The van der Waals surface area contributed by atoms with E-state index < -0.39 is 15.9 Å². The minimum atomic E-state index is -2.82. The Kier molecular flexibility index (Phi) is 3.55. The second-order valence-electron chi connectivity index (χ2n) is 4.20. The van der Waals surface area contributed by atoms with Gasteiger partial charge in [-0.2, -0.15) is 0 Å².